The van der Waals surface area contributed by atoms with E-state index in [-0.39, 0.29) is 17.5 Å². The summed E-state index contributed by atoms with van der Waals surface area (Å²) < 4.78 is 10.5. The van der Waals surface area contributed by atoms with E-state index in [1.807, 2.05) is 36.4 Å². The largest absolute Gasteiger partial charge is 0.465 e. The van der Waals surface area contributed by atoms with Gasteiger partial charge in [0.05, 0.1) is 13.2 Å². The molecule has 1 fully saturated rings. The first-order valence-corrected chi connectivity index (χ1v) is 6.90. The van der Waals surface area contributed by atoms with E-state index in [1.165, 1.54) is 7.11 Å². The Morgan fingerprint density at radius 1 is 1.50 bits per heavy atom. The number of ether oxygens (including phenoxy) is 1. The molecule has 1 aliphatic rings. The van der Waals surface area contributed by atoms with Crippen molar-refractivity contribution in [3.8, 4) is 6.07 Å². The van der Waals surface area contributed by atoms with Crippen molar-refractivity contribution in [3.05, 3.63) is 47.7 Å². The van der Waals surface area contributed by atoms with Gasteiger partial charge in [-0.1, -0.05) is 24.3 Å². The number of methoxy groups -OCH3 is 1. The van der Waals surface area contributed by atoms with Crippen LogP contribution in [0.3, 0.4) is 0 Å². The van der Waals surface area contributed by atoms with Crippen molar-refractivity contribution in [3.63, 3.8) is 0 Å². The molecule has 1 aromatic carbocycles. The van der Waals surface area contributed by atoms with Crippen LogP contribution in [0, 0.1) is 17.2 Å². The number of hydrogen-bond acceptors (Lipinski definition) is 6. The molecule has 0 saturated carbocycles. The van der Waals surface area contributed by atoms with Crippen LogP contribution in [0.25, 0.3) is 11.0 Å². The Labute approximate surface area is 127 Å². The number of hydrogen-bond donors (Lipinski definition) is 2. The average Bonchev–Trinajstić information content (AvgIpc) is 3.17. The highest BCUT2D eigenvalue weighted by Gasteiger charge is 2.30. The van der Waals surface area contributed by atoms with Gasteiger partial charge in [-0.2, -0.15) is 5.26 Å². The van der Waals surface area contributed by atoms with Crippen LogP contribution in [0.4, 0.5) is 0 Å². The van der Waals surface area contributed by atoms with Gasteiger partial charge in [0.25, 0.3) is 0 Å². The molecule has 112 valence electrons. The van der Waals surface area contributed by atoms with E-state index in [9.17, 15) is 4.79 Å². The predicted octanol–water partition coefficient (Wildman–Crippen LogP) is 1.82. The molecule has 1 aliphatic heterocycles. The molecule has 2 aromatic rings. The molecule has 6 nitrogen and oxygen atoms in total. The van der Waals surface area contributed by atoms with Gasteiger partial charge >= 0.3 is 5.97 Å². The summed E-state index contributed by atoms with van der Waals surface area (Å²) in [6.45, 7) is 0.587. The molecule has 0 aliphatic carbocycles. The van der Waals surface area contributed by atoms with E-state index in [2.05, 4.69) is 15.6 Å². The summed E-state index contributed by atoms with van der Waals surface area (Å²) in [4.78, 5) is 11.5. The molecule has 22 heavy (non-hydrogen) atoms. The topological polar surface area (TPSA) is 87.3 Å². The zero-order valence-electron chi connectivity index (χ0n) is 12.0. The normalized spacial score (nSPS) is 21.7. The maximum absolute atomic E-state index is 11.5. The summed E-state index contributed by atoms with van der Waals surface area (Å²) in [5, 5.41) is 10.1. The SMILES string of the molecule is COC(=O)/C(C#N)=C/C1CNNC1c1cc2ccccc2o1. The summed E-state index contributed by atoms with van der Waals surface area (Å²) in [6, 6.07) is 11.4. The minimum atomic E-state index is -0.627. The number of carbonyl (C=O) groups is 1. The van der Waals surface area contributed by atoms with Crippen molar-refractivity contribution in [1.29, 1.82) is 5.26 Å². The number of para-hydroxylation sites is 1. The zero-order chi connectivity index (χ0) is 15.5. The van der Waals surface area contributed by atoms with Crippen molar-refractivity contribution < 1.29 is 13.9 Å². The van der Waals surface area contributed by atoms with E-state index in [4.69, 9.17) is 9.68 Å². The second-order valence-electron chi connectivity index (χ2n) is 5.04. The Morgan fingerprint density at radius 3 is 3.05 bits per heavy atom. The van der Waals surface area contributed by atoms with E-state index >= 15 is 0 Å². The minimum Gasteiger partial charge on any atom is -0.465 e. The van der Waals surface area contributed by atoms with Crippen LogP contribution in [0.2, 0.25) is 0 Å². The van der Waals surface area contributed by atoms with Crippen LogP contribution in [-0.4, -0.2) is 19.6 Å². The van der Waals surface area contributed by atoms with Crippen molar-refractivity contribution >= 4 is 16.9 Å². The van der Waals surface area contributed by atoms with Gasteiger partial charge < -0.3 is 9.15 Å². The smallest absolute Gasteiger partial charge is 0.348 e. The molecule has 0 bridgehead atoms. The molecule has 0 radical (unpaired) electrons. The van der Waals surface area contributed by atoms with Crippen molar-refractivity contribution in [2.75, 3.05) is 13.7 Å². The molecule has 2 N–H and O–H groups in total. The first-order valence-electron chi connectivity index (χ1n) is 6.90. The number of nitriles is 1. The Balaban J connectivity index is 1.91. The summed E-state index contributed by atoms with van der Waals surface area (Å²) in [6.07, 6.45) is 1.62. The Hall–Kier alpha value is -2.62. The molecule has 2 atom stereocenters. The summed E-state index contributed by atoms with van der Waals surface area (Å²) in [7, 11) is 1.26. The number of furan rings is 1. The Bertz CT molecular complexity index is 739. The standard InChI is InChI=1S/C16H15N3O3/c1-21-16(20)11(8-17)6-12-9-18-19-15(12)14-7-10-4-2-3-5-13(10)22-14/h2-7,12,15,18-19H,9H2,1H3/b11-6+. The zero-order valence-corrected chi connectivity index (χ0v) is 12.0. The van der Waals surface area contributed by atoms with E-state index in [0.29, 0.717) is 6.54 Å². The molecule has 2 unspecified atom stereocenters. The summed E-state index contributed by atoms with van der Waals surface area (Å²) in [5.74, 6) is 0.0432. The van der Waals surface area contributed by atoms with E-state index in [1.54, 1.807) is 6.08 Å². The number of fused-ring (bicyclic) bond motifs is 1. The first-order chi connectivity index (χ1) is 10.7. The van der Waals surface area contributed by atoms with Gasteiger partial charge in [0.2, 0.25) is 0 Å². The predicted molar refractivity (Wildman–Crippen MR) is 79.3 cm³/mol. The number of benzene rings is 1. The lowest BCUT2D eigenvalue weighted by Gasteiger charge is -2.12. The average molecular weight is 297 g/mol. The van der Waals surface area contributed by atoms with Gasteiger partial charge in [-0.05, 0) is 12.1 Å². The van der Waals surface area contributed by atoms with Gasteiger partial charge in [-0.25, -0.2) is 10.2 Å². The number of nitrogens with one attached hydrogen (secondary N) is 2. The lowest BCUT2D eigenvalue weighted by molar-refractivity contribution is -0.135. The highest BCUT2D eigenvalue weighted by Crippen LogP contribution is 2.31. The van der Waals surface area contributed by atoms with Crippen LogP contribution >= 0.6 is 0 Å². The van der Waals surface area contributed by atoms with Gasteiger partial charge in [0.1, 0.15) is 23.0 Å². The van der Waals surface area contributed by atoms with Crippen LogP contribution in [-0.2, 0) is 9.53 Å². The van der Waals surface area contributed by atoms with Crippen LogP contribution in [0.15, 0.2) is 46.4 Å². The summed E-state index contributed by atoms with van der Waals surface area (Å²) in [5.41, 5.74) is 6.96. The fourth-order valence-corrected chi connectivity index (χ4v) is 2.58. The maximum atomic E-state index is 11.5. The van der Waals surface area contributed by atoms with Crippen molar-refractivity contribution in [2.45, 2.75) is 6.04 Å². The van der Waals surface area contributed by atoms with Gasteiger partial charge in [-0.15, -0.1) is 0 Å². The molecule has 0 amide bonds. The molecule has 3 rings (SSSR count). The van der Waals surface area contributed by atoms with E-state index < -0.39 is 5.97 Å². The molecular weight excluding hydrogens is 282 g/mol. The van der Waals surface area contributed by atoms with Gasteiger partial charge in [0.15, 0.2) is 0 Å². The third-order valence-corrected chi connectivity index (χ3v) is 3.68. The molecule has 6 heteroatoms. The highest BCUT2D eigenvalue weighted by molar-refractivity contribution is 5.92. The molecule has 0 spiro atoms. The minimum absolute atomic E-state index is 0.000823. The number of nitrogens with zero attached hydrogens (tertiary/aromatic N) is 1. The quantitative estimate of drug-likeness (QED) is 0.510. The monoisotopic (exact) mass is 297 g/mol. The van der Waals surface area contributed by atoms with Crippen LogP contribution in [0.5, 0.6) is 0 Å². The fourth-order valence-electron chi connectivity index (χ4n) is 2.58. The number of rotatable bonds is 3. The maximum Gasteiger partial charge on any atom is 0.348 e. The lowest BCUT2D eigenvalue weighted by atomic mass is 9.97. The molecule has 1 aromatic heterocycles. The number of esters is 1. The third-order valence-electron chi connectivity index (χ3n) is 3.68. The molecular formula is C16H15N3O3. The third kappa shape index (κ3) is 2.60. The fraction of sp³-hybridized carbons (Fsp3) is 0.250. The molecule has 1 saturated heterocycles. The van der Waals surface area contributed by atoms with Crippen molar-refractivity contribution in [2.24, 2.45) is 5.92 Å². The van der Waals surface area contributed by atoms with E-state index in [0.717, 1.165) is 16.7 Å². The Morgan fingerprint density at radius 2 is 2.32 bits per heavy atom. The Kier molecular flexibility index (Phi) is 3.92. The molecule has 2 heterocycles. The number of carbonyl (C=O) groups excluding carboxylic acids is 1. The second-order valence-corrected chi connectivity index (χ2v) is 5.04. The van der Waals surface area contributed by atoms with Crippen molar-refractivity contribution in [1.82, 2.24) is 10.9 Å². The number of hydrazine groups is 1. The van der Waals surface area contributed by atoms with Gasteiger partial charge in [0, 0.05) is 17.8 Å². The van der Waals surface area contributed by atoms with Crippen LogP contribution < -0.4 is 10.9 Å². The summed E-state index contributed by atoms with van der Waals surface area (Å²) >= 11 is 0. The van der Waals surface area contributed by atoms with Gasteiger partial charge in [-0.3, -0.25) is 5.43 Å². The highest BCUT2D eigenvalue weighted by atomic mass is 16.5. The van der Waals surface area contributed by atoms with Crippen LogP contribution in [0.1, 0.15) is 11.8 Å². The lowest BCUT2D eigenvalue weighted by Crippen LogP contribution is -2.24. The first kappa shape index (κ1) is 14.3. The second kappa shape index (κ2) is 6.02.